The normalized spacial score (nSPS) is 10.1. The highest BCUT2D eigenvalue weighted by Crippen LogP contribution is 2.37. The van der Waals surface area contributed by atoms with Crippen LogP contribution in [-0.2, 0) is 0 Å². The van der Waals surface area contributed by atoms with Gasteiger partial charge in [0, 0.05) is 5.56 Å². The molecule has 2 aromatic rings. The number of aldehydes is 1. The Morgan fingerprint density at radius 3 is 2.68 bits per heavy atom. The monoisotopic (exact) mass is 322 g/mol. The minimum atomic E-state index is -0.903. The molecule has 0 N–H and O–H groups in total. The number of carbonyl (C=O) groups excluding carboxylic acids is 2. The number of halogens is 2. The van der Waals surface area contributed by atoms with E-state index in [1.54, 1.807) is 6.92 Å². The molecule has 0 aliphatic carbocycles. The molecule has 0 aliphatic heterocycles. The van der Waals surface area contributed by atoms with Gasteiger partial charge in [-0.05, 0) is 31.2 Å². The highest BCUT2D eigenvalue weighted by Gasteiger charge is 2.19. The lowest BCUT2D eigenvalue weighted by Gasteiger charge is -2.13. The van der Waals surface area contributed by atoms with Gasteiger partial charge in [-0.25, -0.2) is 9.18 Å². The highest BCUT2D eigenvalue weighted by atomic mass is 35.5. The van der Waals surface area contributed by atoms with Crippen LogP contribution in [0.4, 0.5) is 4.39 Å². The number of hydrogen-bond acceptors (Lipinski definition) is 4. The van der Waals surface area contributed by atoms with Gasteiger partial charge >= 0.3 is 5.97 Å². The first-order valence-corrected chi connectivity index (χ1v) is 6.82. The van der Waals surface area contributed by atoms with Crippen molar-refractivity contribution in [2.75, 3.05) is 6.61 Å². The zero-order chi connectivity index (χ0) is 16.1. The van der Waals surface area contributed by atoms with Gasteiger partial charge in [0.1, 0.15) is 12.1 Å². The second-order valence-electron chi connectivity index (χ2n) is 4.25. The van der Waals surface area contributed by atoms with Crippen LogP contribution in [0.15, 0.2) is 36.4 Å². The Hall–Kier alpha value is -2.40. The fourth-order valence-corrected chi connectivity index (χ4v) is 2.05. The Morgan fingerprint density at radius 2 is 2.05 bits per heavy atom. The van der Waals surface area contributed by atoms with Crippen LogP contribution in [0.25, 0.3) is 0 Å². The molecule has 0 saturated carbocycles. The summed E-state index contributed by atoms with van der Waals surface area (Å²) in [6.45, 7) is 2.01. The summed E-state index contributed by atoms with van der Waals surface area (Å²) < 4.78 is 24.1. The van der Waals surface area contributed by atoms with Crippen molar-refractivity contribution < 1.29 is 23.5 Å². The smallest absolute Gasteiger partial charge is 0.346 e. The average molecular weight is 323 g/mol. The van der Waals surface area contributed by atoms with Crippen molar-refractivity contribution in [3.63, 3.8) is 0 Å². The summed E-state index contributed by atoms with van der Waals surface area (Å²) in [5.74, 6) is -1.52. The summed E-state index contributed by atoms with van der Waals surface area (Å²) in [6.07, 6.45) is 0.594. The first-order chi connectivity index (χ1) is 10.6. The van der Waals surface area contributed by atoms with Crippen molar-refractivity contribution in [2.24, 2.45) is 0 Å². The molecule has 0 fully saturated rings. The molecule has 0 radical (unpaired) electrons. The fourth-order valence-electron chi connectivity index (χ4n) is 1.79. The molecule has 0 amide bonds. The standard InChI is InChI=1S/C16H12ClFO4/c1-2-21-14-8-10(9-19)7-12(17)15(14)22-16(20)11-5-3-4-6-13(11)18/h3-9H,2H2,1H3. The van der Waals surface area contributed by atoms with E-state index in [9.17, 15) is 14.0 Å². The molecule has 6 heteroatoms. The van der Waals surface area contributed by atoms with Crippen molar-refractivity contribution in [3.05, 3.63) is 58.4 Å². The third-order valence-corrected chi connectivity index (χ3v) is 3.04. The summed E-state index contributed by atoms with van der Waals surface area (Å²) >= 11 is 6.01. The van der Waals surface area contributed by atoms with Gasteiger partial charge in [0.2, 0.25) is 0 Å². The maximum atomic E-state index is 13.6. The molecule has 0 aromatic heterocycles. The Balaban J connectivity index is 2.38. The predicted molar refractivity (Wildman–Crippen MR) is 79.4 cm³/mol. The molecule has 0 atom stereocenters. The summed E-state index contributed by atoms with van der Waals surface area (Å²) in [4.78, 5) is 22.9. The molecule has 0 aliphatic rings. The highest BCUT2D eigenvalue weighted by molar-refractivity contribution is 6.32. The van der Waals surface area contributed by atoms with Crippen molar-refractivity contribution >= 4 is 23.9 Å². The number of carbonyl (C=O) groups is 2. The fraction of sp³-hybridized carbons (Fsp3) is 0.125. The van der Waals surface area contributed by atoms with Gasteiger partial charge in [-0.1, -0.05) is 23.7 Å². The number of hydrogen-bond donors (Lipinski definition) is 0. The SMILES string of the molecule is CCOc1cc(C=O)cc(Cl)c1OC(=O)c1ccccc1F. The van der Waals surface area contributed by atoms with E-state index in [2.05, 4.69) is 0 Å². The van der Waals surface area contributed by atoms with E-state index in [0.717, 1.165) is 6.07 Å². The van der Waals surface area contributed by atoms with Gasteiger partial charge in [0.05, 0.1) is 17.2 Å². The van der Waals surface area contributed by atoms with Crippen molar-refractivity contribution in [1.82, 2.24) is 0 Å². The molecule has 0 unspecified atom stereocenters. The van der Waals surface area contributed by atoms with Crippen molar-refractivity contribution in [2.45, 2.75) is 6.92 Å². The van der Waals surface area contributed by atoms with Crippen LogP contribution < -0.4 is 9.47 Å². The van der Waals surface area contributed by atoms with E-state index in [1.807, 2.05) is 0 Å². The van der Waals surface area contributed by atoms with E-state index < -0.39 is 11.8 Å². The van der Waals surface area contributed by atoms with Crippen LogP contribution in [0.5, 0.6) is 11.5 Å². The molecular formula is C16H12ClFO4. The first kappa shape index (κ1) is 16.0. The molecule has 2 rings (SSSR count). The Morgan fingerprint density at radius 1 is 1.32 bits per heavy atom. The van der Waals surface area contributed by atoms with Crippen LogP contribution in [0.3, 0.4) is 0 Å². The second-order valence-corrected chi connectivity index (χ2v) is 4.66. The molecule has 4 nitrogen and oxygen atoms in total. The lowest BCUT2D eigenvalue weighted by Crippen LogP contribution is -2.12. The molecule has 0 saturated heterocycles. The quantitative estimate of drug-likeness (QED) is 0.476. The summed E-state index contributed by atoms with van der Waals surface area (Å²) in [5.41, 5.74) is 0.0552. The lowest BCUT2D eigenvalue weighted by molar-refractivity contribution is 0.0723. The molecule has 0 heterocycles. The van der Waals surface area contributed by atoms with Gasteiger partial charge in [-0.2, -0.15) is 0 Å². The zero-order valence-corrected chi connectivity index (χ0v) is 12.4. The van der Waals surface area contributed by atoms with Crippen LogP contribution in [0.2, 0.25) is 5.02 Å². The maximum absolute atomic E-state index is 13.6. The molecule has 114 valence electrons. The van der Waals surface area contributed by atoms with Gasteiger partial charge in [-0.15, -0.1) is 0 Å². The van der Waals surface area contributed by atoms with Crippen LogP contribution in [0, 0.1) is 5.82 Å². The first-order valence-electron chi connectivity index (χ1n) is 6.45. The van der Waals surface area contributed by atoms with E-state index in [1.165, 1.54) is 30.3 Å². The number of benzene rings is 2. The topological polar surface area (TPSA) is 52.6 Å². The third kappa shape index (κ3) is 3.43. The van der Waals surface area contributed by atoms with Gasteiger partial charge in [0.25, 0.3) is 0 Å². The second kappa shape index (κ2) is 7.04. The number of rotatable bonds is 5. The molecule has 0 bridgehead atoms. The van der Waals surface area contributed by atoms with E-state index in [0.29, 0.717) is 6.29 Å². The summed E-state index contributed by atoms with van der Waals surface area (Å²) in [7, 11) is 0. The molecule has 2 aromatic carbocycles. The Labute approximate surface area is 131 Å². The van der Waals surface area contributed by atoms with Gasteiger partial charge in [0.15, 0.2) is 11.5 Å². The molecule has 0 spiro atoms. The lowest BCUT2D eigenvalue weighted by atomic mass is 10.2. The molecule has 22 heavy (non-hydrogen) atoms. The van der Waals surface area contributed by atoms with Crippen molar-refractivity contribution in [1.29, 1.82) is 0 Å². The summed E-state index contributed by atoms with van der Waals surface area (Å²) in [5, 5.41) is 0.0257. The van der Waals surface area contributed by atoms with E-state index in [-0.39, 0.29) is 34.3 Å². The zero-order valence-electron chi connectivity index (χ0n) is 11.6. The van der Waals surface area contributed by atoms with Gasteiger partial charge in [-0.3, -0.25) is 4.79 Å². The van der Waals surface area contributed by atoms with E-state index >= 15 is 0 Å². The maximum Gasteiger partial charge on any atom is 0.346 e. The Bertz CT molecular complexity index is 715. The number of esters is 1. The number of ether oxygens (including phenoxy) is 2. The van der Waals surface area contributed by atoms with Crippen LogP contribution in [0.1, 0.15) is 27.6 Å². The van der Waals surface area contributed by atoms with Crippen molar-refractivity contribution in [3.8, 4) is 11.5 Å². The van der Waals surface area contributed by atoms with Crippen LogP contribution >= 0.6 is 11.6 Å². The Kier molecular flexibility index (Phi) is 5.12. The molecular weight excluding hydrogens is 311 g/mol. The minimum Gasteiger partial charge on any atom is -0.490 e. The third-order valence-electron chi connectivity index (χ3n) is 2.76. The largest absolute Gasteiger partial charge is 0.490 e. The van der Waals surface area contributed by atoms with E-state index in [4.69, 9.17) is 21.1 Å². The predicted octanol–water partition coefficient (Wildman–Crippen LogP) is 3.91. The van der Waals surface area contributed by atoms with Crippen LogP contribution in [-0.4, -0.2) is 18.9 Å². The van der Waals surface area contributed by atoms with Gasteiger partial charge < -0.3 is 9.47 Å². The average Bonchev–Trinajstić information content (AvgIpc) is 2.50. The minimum absolute atomic E-state index is 0.0257. The summed E-state index contributed by atoms with van der Waals surface area (Å²) in [6, 6.07) is 8.15.